The second-order valence-corrected chi connectivity index (χ2v) is 6.27. The summed E-state index contributed by atoms with van der Waals surface area (Å²) in [5.41, 5.74) is 1.61. The standard InChI is InChI=1S/C19H23N3O2/c1-14(19-8-7-15(2)23-19)9-11-22(3)13-16-12-18(21-24-16)17-6-4-5-10-20-17/h4-8,10,12,14H,9,11,13H2,1-3H3/t14-/m0/s1. The molecule has 0 spiro atoms. The van der Waals surface area contributed by atoms with Crippen LogP contribution < -0.4 is 0 Å². The van der Waals surface area contributed by atoms with Crippen molar-refractivity contribution in [1.82, 2.24) is 15.0 Å². The highest BCUT2D eigenvalue weighted by Crippen LogP contribution is 2.22. The molecule has 3 rings (SSSR count). The Morgan fingerprint density at radius 3 is 2.75 bits per heavy atom. The molecule has 0 saturated heterocycles. The molecule has 0 aliphatic carbocycles. The summed E-state index contributed by atoms with van der Waals surface area (Å²) in [5, 5.41) is 4.11. The Hall–Kier alpha value is -2.40. The summed E-state index contributed by atoms with van der Waals surface area (Å²) in [5.74, 6) is 3.27. The van der Waals surface area contributed by atoms with Gasteiger partial charge in [-0.05, 0) is 51.2 Å². The van der Waals surface area contributed by atoms with Crippen LogP contribution in [0.25, 0.3) is 11.4 Å². The number of rotatable bonds is 7. The van der Waals surface area contributed by atoms with Crippen molar-refractivity contribution in [2.24, 2.45) is 0 Å². The first kappa shape index (κ1) is 16.5. The smallest absolute Gasteiger partial charge is 0.151 e. The van der Waals surface area contributed by atoms with Crippen LogP contribution >= 0.6 is 0 Å². The fourth-order valence-corrected chi connectivity index (χ4v) is 2.64. The number of furan rings is 1. The van der Waals surface area contributed by atoms with E-state index in [1.807, 2.05) is 37.3 Å². The molecule has 5 heteroatoms. The molecular formula is C19H23N3O2. The van der Waals surface area contributed by atoms with Gasteiger partial charge in [0.05, 0.1) is 12.2 Å². The van der Waals surface area contributed by atoms with Crippen LogP contribution in [0.15, 0.2) is 51.5 Å². The number of nitrogens with zero attached hydrogens (tertiary/aromatic N) is 3. The van der Waals surface area contributed by atoms with Gasteiger partial charge < -0.3 is 8.94 Å². The Morgan fingerprint density at radius 1 is 1.17 bits per heavy atom. The minimum Gasteiger partial charge on any atom is -0.466 e. The van der Waals surface area contributed by atoms with E-state index in [1.54, 1.807) is 6.20 Å². The molecule has 3 aromatic rings. The molecule has 1 atom stereocenters. The van der Waals surface area contributed by atoms with Crippen molar-refractivity contribution in [3.8, 4) is 11.4 Å². The van der Waals surface area contributed by atoms with Crippen LogP contribution in [0.4, 0.5) is 0 Å². The minimum atomic E-state index is 0.403. The lowest BCUT2D eigenvalue weighted by atomic mass is 10.1. The van der Waals surface area contributed by atoms with Crippen LogP contribution in [0.2, 0.25) is 0 Å². The summed E-state index contributed by atoms with van der Waals surface area (Å²) in [7, 11) is 2.09. The highest BCUT2D eigenvalue weighted by molar-refractivity contribution is 5.52. The van der Waals surface area contributed by atoms with Gasteiger partial charge in [-0.3, -0.25) is 9.88 Å². The largest absolute Gasteiger partial charge is 0.466 e. The molecule has 5 nitrogen and oxygen atoms in total. The molecule has 0 radical (unpaired) electrons. The van der Waals surface area contributed by atoms with E-state index in [4.69, 9.17) is 8.94 Å². The van der Waals surface area contributed by atoms with Crippen LogP contribution in [0.1, 0.15) is 36.5 Å². The average Bonchev–Trinajstić information content (AvgIpc) is 3.23. The molecule has 0 fully saturated rings. The SMILES string of the molecule is Cc1ccc([C@@H](C)CCN(C)Cc2cc(-c3ccccn3)no2)o1. The normalized spacial score (nSPS) is 12.7. The second kappa shape index (κ2) is 7.45. The van der Waals surface area contributed by atoms with Crippen molar-refractivity contribution in [3.05, 3.63) is 59.9 Å². The number of pyridine rings is 1. The summed E-state index contributed by atoms with van der Waals surface area (Å²) >= 11 is 0. The molecule has 3 aromatic heterocycles. The van der Waals surface area contributed by atoms with Crippen LogP contribution in [0, 0.1) is 6.92 Å². The number of aryl methyl sites for hydroxylation is 1. The molecule has 0 aromatic carbocycles. The van der Waals surface area contributed by atoms with Gasteiger partial charge in [0.15, 0.2) is 5.76 Å². The average molecular weight is 325 g/mol. The third-order valence-corrected chi connectivity index (χ3v) is 4.10. The van der Waals surface area contributed by atoms with E-state index >= 15 is 0 Å². The third-order valence-electron chi connectivity index (χ3n) is 4.10. The van der Waals surface area contributed by atoms with Crippen LogP contribution in [-0.2, 0) is 6.54 Å². The number of hydrogen-bond donors (Lipinski definition) is 0. The molecule has 0 aliphatic rings. The maximum Gasteiger partial charge on any atom is 0.151 e. The molecule has 0 amide bonds. The zero-order chi connectivity index (χ0) is 16.9. The Morgan fingerprint density at radius 2 is 2.04 bits per heavy atom. The maximum atomic E-state index is 5.69. The first-order chi connectivity index (χ1) is 11.6. The van der Waals surface area contributed by atoms with Crippen LogP contribution in [0.3, 0.4) is 0 Å². The van der Waals surface area contributed by atoms with E-state index < -0.39 is 0 Å². The minimum absolute atomic E-state index is 0.403. The molecule has 0 unspecified atom stereocenters. The molecule has 0 bridgehead atoms. The lowest BCUT2D eigenvalue weighted by Gasteiger charge is -2.17. The van der Waals surface area contributed by atoms with Crippen molar-refractivity contribution in [2.75, 3.05) is 13.6 Å². The van der Waals surface area contributed by atoms with Crippen molar-refractivity contribution < 1.29 is 8.94 Å². The summed E-state index contributed by atoms with van der Waals surface area (Å²) in [6.07, 6.45) is 2.79. The van der Waals surface area contributed by atoms with Gasteiger partial charge in [0, 0.05) is 18.2 Å². The molecule has 0 aliphatic heterocycles. The highest BCUT2D eigenvalue weighted by atomic mass is 16.5. The van der Waals surface area contributed by atoms with Crippen molar-refractivity contribution in [1.29, 1.82) is 0 Å². The number of hydrogen-bond acceptors (Lipinski definition) is 5. The van der Waals surface area contributed by atoms with Gasteiger partial charge in [-0.25, -0.2) is 0 Å². The fourth-order valence-electron chi connectivity index (χ4n) is 2.64. The van der Waals surface area contributed by atoms with Crippen LogP contribution in [0.5, 0.6) is 0 Å². The monoisotopic (exact) mass is 325 g/mol. The van der Waals surface area contributed by atoms with E-state index in [0.29, 0.717) is 5.92 Å². The summed E-state index contributed by atoms with van der Waals surface area (Å²) in [4.78, 5) is 6.52. The molecule has 24 heavy (non-hydrogen) atoms. The van der Waals surface area contributed by atoms with Gasteiger partial charge in [-0.15, -0.1) is 0 Å². The molecule has 0 N–H and O–H groups in total. The van der Waals surface area contributed by atoms with Crippen LogP contribution in [-0.4, -0.2) is 28.6 Å². The Balaban J connectivity index is 1.52. The molecule has 3 heterocycles. The van der Waals surface area contributed by atoms with Crippen molar-refractivity contribution >= 4 is 0 Å². The van der Waals surface area contributed by atoms with E-state index in [-0.39, 0.29) is 0 Å². The quantitative estimate of drug-likeness (QED) is 0.649. The maximum absolute atomic E-state index is 5.69. The second-order valence-electron chi connectivity index (χ2n) is 6.27. The first-order valence-corrected chi connectivity index (χ1v) is 8.23. The highest BCUT2D eigenvalue weighted by Gasteiger charge is 2.13. The topological polar surface area (TPSA) is 55.3 Å². The van der Waals surface area contributed by atoms with Gasteiger partial charge in [0.25, 0.3) is 0 Å². The fraction of sp³-hybridized carbons (Fsp3) is 0.368. The van der Waals surface area contributed by atoms with Crippen molar-refractivity contribution in [3.63, 3.8) is 0 Å². The number of aromatic nitrogens is 2. The van der Waals surface area contributed by atoms with Gasteiger partial charge in [0.2, 0.25) is 0 Å². The summed E-state index contributed by atoms with van der Waals surface area (Å²) in [6.45, 7) is 5.86. The Kier molecular flexibility index (Phi) is 5.11. The Bertz CT molecular complexity index is 764. The predicted octanol–water partition coefficient (Wildman–Crippen LogP) is 4.26. The first-order valence-electron chi connectivity index (χ1n) is 8.23. The Labute approximate surface area is 142 Å². The lowest BCUT2D eigenvalue weighted by Crippen LogP contribution is -2.20. The van der Waals surface area contributed by atoms with Crippen molar-refractivity contribution in [2.45, 2.75) is 32.7 Å². The summed E-state index contributed by atoms with van der Waals surface area (Å²) < 4.78 is 11.1. The molecular weight excluding hydrogens is 302 g/mol. The zero-order valence-electron chi connectivity index (χ0n) is 14.4. The summed E-state index contributed by atoms with van der Waals surface area (Å²) in [6, 6.07) is 11.8. The van der Waals surface area contributed by atoms with Gasteiger partial charge >= 0.3 is 0 Å². The van der Waals surface area contributed by atoms with E-state index in [0.717, 1.165) is 48.2 Å². The predicted molar refractivity (Wildman–Crippen MR) is 92.5 cm³/mol. The van der Waals surface area contributed by atoms with Gasteiger partial charge in [-0.2, -0.15) is 0 Å². The zero-order valence-corrected chi connectivity index (χ0v) is 14.4. The molecule has 126 valence electrons. The lowest BCUT2D eigenvalue weighted by molar-refractivity contribution is 0.262. The van der Waals surface area contributed by atoms with E-state index in [2.05, 4.69) is 35.1 Å². The van der Waals surface area contributed by atoms with E-state index in [1.165, 1.54) is 0 Å². The molecule has 0 saturated carbocycles. The van der Waals surface area contributed by atoms with Gasteiger partial charge in [-0.1, -0.05) is 18.1 Å². The van der Waals surface area contributed by atoms with E-state index in [9.17, 15) is 0 Å². The van der Waals surface area contributed by atoms with Gasteiger partial charge in [0.1, 0.15) is 17.2 Å². The third kappa shape index (κ3) is 4.11.